The van der Waals surface area contributed by atoms with Crippen LogP contribution >= 0.6 is 0 Å². The first-order chi connectivity index (χ1) is 11.9. The summed E-state index contributed by atoms with van der Waals surface area (Å²) in [5, 5.41) is 13.0. The SMILES string of the molecule is O=C(CN1c2cccc3cccc(c23)S1(=O)=O)NC1CC(C(=O)O)C1. The van der Waals surface area contributed by atoms with E-state index in [1.54, 1.807) is 24.3 Å². The lowest BCUT2D eigenvalue weighted by Gasteiger charge is -2.33. The second kappa shape index (κ2) is 5.45. The van der Waals surface area contributed by atoms with Crippen LogP contribution in [0.25, 0.3) is 10.8 Å². The first kappa shape index (κ1) is 15.9. The molecule has 25 heavy (non-hydrogen) atoms. The number of aliphatic carboxylic acids is 1. The molecule has 130 valence electrons. The van der Waals surface area contributed by atoms with E-state index in [-0.39, 0.29) is 17.5 Å². The van der Waals surface area contributed by atoms with E-state index in [9.17, 15) is 18.0 Å². The molecule has 4 rings (SSSR count). The second-order valence-corrected chi connectivity index (χ2v) is 8.24. The lowest BCUT2D eigenvalue weighted by Crippen LogP contribution is -2.49. The van der Waals surface area contributed by atoms with Gasteiger partial charge in [0, 0.05) is 11.4 Å². The first-order valence-corrected chi connectivity index (χ1v) is 9.38. The number of rotatable bonds is 4. The van der Waals surface area contributed by atoms with Gasteiger partial charge in [-0.15, -0.1) is 0 Å². The van der Waals surface area contributed by atoms with Crippen LogP contribution in [0.4, 0.5) is 5.69 Å². The van der Waals surface area contributed by atoms with E-state index in [1.165, 1.54) is 0 Å². The van der Waals surface area contributed by atoms with Gasteiger partial charge in [-0.25, -0.2) is 8.42 Å². The fourth-order valence-corrected chi connectivity index (χ4v) is 5.14. The summed E-state index contributed by atoms with van der Waals surface area (Å²) in [6, 6.07) is 10.1. The molecule has 2 N–H and O–H groups in total. The van der Waals surface area contributed by atoms with Crippen molar-refractivity contribution in [3.05, 3.63) is 36.4 Å². The molecule has 1 amide bonds. The van der Waals surface area contributed by atoms with Gasteiger partial charge >= 0.3 is 5.97 Å². The normalized spacial score (nSPS) is 23.3. The van der Waals surface area contributed by atoms with Crippen LogP contribution in [0.5, 0.6) is 0 Å². The molecular formula is C17H16N2O5S. The van der Waals surface area contributed by atoms with E-state index >= 15 is 0 Å². The van der Waals surface area contributed by atoms with Crippen molar-refractivity contribution in [2.45, 2.75) is 23.8 Å². The molecule has 7 nitrogen and oxygen atoms in total. The van der Waals surface area contributed by atoms with Crippen LogP contribution in [0.2, 0.25) is 0 Å². The highest BCUT2D eigenvalue weighted by Crippen LogP contribution is 2.41. The average Bonchev–Trinajstić information content (AvgIpc) is 2.74. The third-order valence-electron chi connectivity index (χ3n) is 4.82. The highest BCUT2D eigenvalue weighted by atomic mass is 32.2. The third kappa shape index (κ3) is 2.44. The zero-order chi connectivity index (χ0) is 17.8. The van der Waals surface area contributed by atoms with E-state index in [1.807, 2.05) is 12.1 Å². The molecule has 2 aromatic carbocycles. The van der Waals surface area contributed by atoms with Crippen molar-refractivity contribution in [3.63, 3.8) is 0 Å². The quantitative estimate of drug-likeness (QED) is 0.856. The molecule has 1 saturated carbocycles. The summed E-state index contributed by atoms with van der Waals surface area (Å²) in [6.07, 6.45) is 0.757. The summed E-state index contributed by atoms with van der Waals surface area (Å²) in [6.45, 7) is -0.315. The van der Waals surface area contributed by atoms with Crippen molar-refractivity contribution in [3.8, 4) is 0 Å². The van der Waals surface area contributed by atoms with Crippen LogP contribution in [0, 0.1) is 5.92 Å². The van der Waals surface area contributed by atoms with E-state index in [2.05, 4.69) is 5.32 Å². The molecular weight excluding hydrogens is 344 g/mol. The monoisotopic (exact) mass is 360 g/mol. The average molecular weight is 360 g/mol. The molecule has 1 heterocycles. The fourth-order valence-electron chi connectivity index (χ4n) is 3.47. The molecule has 1 fully saturated rings. The third-order valence-corrected chi connectivity index (χ3v) is 6.62. The molecule has 0 radical (unpaired) electrons. The van der Waals surface area contributed by atoms with Crippen molar-refractivity contribution in [1.82, 2.24) is 5.32 Å². The number of carboxylic acid groups (broad SMARTS) is 1. The predicted octanol–water partition coefficient (Wildman–Crippen LogP) is 1.33. The Bertz CT molecular complexity index is 990. The van der Waals surface area contributed by atoms with Crippen molar-refractivity contribution in [1.29, 1.82) is 0 Å². The minimum atomic E-state index is -3.76. The summed E-state index contributed by atoms with van der Waals surface area (Å²) >= 11 is 0. The molecule has 8 heteroatoms. The van der Waals surface area contributed by atoms with Crippen LogP contribution < -0.4 is 9.62 Å². The number of carboxylic acids is 1. The van der Waals surface area contributed by atoms with Gasteiger partial charge in [-0.3, -0.25) is 13.9 Å². The summed E-state index contributed by atoms with van der Waals surface area (Å²) in [5.41, 5.74) is 0.500. The molecule has 1 aliphatic carbocycles. The van der Waals surface area contributed by atoms with E-state index in [4.69, 9.17) is 5.11 Å². The maximum Gasteiger partial charge on any atom is 0.306 e. The first-order valence-electron chi connectivity index (χ1n) is 7.94. The highest BCUT2D eigenvalue weighted by Gasteiger charge is 2.39. The summed E-state index contributed by atoms with van der Waals surface area (Å²) in [4.78, 5) is 23.3. The Kier molecular flexibility index (Phi) is 3.47. The van der Waals surface area contributed by atoms with Crippen molar-refractivity contribution in [2.24, 2.45) is 5.92 Å². The second-order valence-electron chi connectivity index (χ2n) is 6.41. The molecule has 2 aromatic rings. The Morgan fingerprint density at radius 1 is 1.16 bits per heavy atom. The predicted molar refractivity (Wildman–Crippen MR) is 90.8 cm³/mol. The number of nitrogens with zero attached hydrogens (tertiary/aromatic N) is 1. The Morgan fingerprint density at radius 3 is 2.52 bits per heavy atom. The number of sulfonamides is 1. The lowest BCUT2D eigenvalue weighted by atomic mass is 9.80. The van der Waals surface area contributed by atoms with E-state index in [0.717, 1.165) is 9.69 Å². The van der Waals surface area contributed by atoms with Crippen LogP contribution in [0.1, 0.15) is 12.8 Å². The van der Waals surface area contributed by atoms with Gasteiger partial charge in [-0.05, 0) is 30.4 Å². The Balaban J connectivity index is 1.55. The molecule has 0 bridgehead atoms. The van der Waals surface area contributed by atoms with Gasteiger partial charge in [0.2, 0.25) is 5.91 Å². The lowest BCUT2D eigenvalue weighted by molar-refractivity contribution is -0.146. The van der Waals surface area contributed by atoms with Crippen LogP contribution in [0.15, 0.2) is 41.3 Å². The summed E-state index contributed by atoms with van der Waals surface area (Å²) < 4.78 is 26.7. The molecule has 0 spiro atoms. The fraction of sp³-hybridized carbons (Fsp3) is 0.294. The number of carbonyl (C=O) groups excluding carboxylic acids is 1. The topological polar surface area (TPSA) is 104 Å². The van der Waals surface area contributed by atoms with Crippen molar-refractivity contribution >= 4 is 38.4 Å². The van der Waals surface area contributed by atoms with E-state index in [0.29, 0.717) is 23.9 Å². The maximum atomic E-state index is 12.8. The summed E-state index contributed by atoms with van der Waals surface area (Å²) in [7, 11) is -3.76. The minimum absolute atomic E-state index is 0.211. The van der Waals surface area contributed by atoms with Crippen molar-refractivity contribution in [2.75, 3.05) is 10.8 Å². The van der Waals surface area contributed by atoms with E-state index < -0.39 is 27.8 Å². The highest BCUT2D eigenvalue weighted by molar-refractivity contribution is 7.93. The summed E-state index contributed by atoms with van der Waals surface area (Å²) in [5.74, 6) is -1.73. The molecule has 1 aliphatic heterocycles. The van der Waals surface area contributed by atoms with Gasteiger partial charge < -0.3 is 10.4 Å². The standard InChI is InChI=1S/C17H16N2O5S/c20-15(18-12-7-11(8-12)17(21)22)9-19-13-5-1-3-10-4-2-6-14(16(10)13)25(19,23)24/h1-6,11-12H,7-9H2,(H,18,20)(H,21,22). The zero-order valence-corrected chi connectivity index (χ0v) is 14.0. The minimum Gasteiger partial charge on any atom is -0.481 e. The number of anilines is 1. The van der Waals surface area contributed by atoms with Crippen LogP contribution in [-0.4, -0.2) is 38.0 Å². The smallest absolute Gasteiger partial charge is 0.306 e. The van der Waals surface area contributed by atoms with Crippen LogP contribution in [0.3, 0.4) is 0 Å². The molecule has 0 atom stereocenters. The molecule has 0 aromatic heterocycles. The van der Waals surface area contributed by atoms with Gasteiger partial charge in [0.05, 0.1) is 16.5 Å². The number of hydrogen-bond acceptors (Lipinski definition) is 4. The van der Waals surface area contributed by atoms with Gasteiger partial charge in [-0.2, -0.15) is 0 Å². The Morgan fingerprint density at radius 2 is 1.84 bits per heavy atom. The Hall–Kier alpha value is -2.61. The molecule has 2 aliphatic rings. The van der Waals surface area contributed by atoms with Gasteiger partial charge in [0.1, 0.15) is 6.54 Å². The van der Waals surface area contributed by atoms with Crippen molar-refractivity contribution < 1.29 is 23.1 Å². The largest absolute Gasteiger partial charge is 0.481 e. The Labute approximate surface area is 144 Å². The van der Waals surface area contributed by atoms with Crippen LogP contribution in [-0.2, 0) is 19.6 Å². The number of amides is 1. The molecule has 0 unspecified atom stereocenters. The number of hydrogen-bond donors (Lipinski definition) is 2. The number of nitrogens with one attached hydrogen (secondary N) is 1. The van der Waals surface area contributed by atoms with Gasteiger partial charge in [0.15, 0.2) is 0 Å². The number of benzene rings is 2. The van der Waals surface area contributed by atoms with Gasteiger partial charge in [-0.1, -0.05) is 24.3 Å². The zero-order valence-electron chi connectivity index (χ0n) is 13.2. The van der Waals surface area contributed by atoms with Gasteiger partial charge in [0.25, 0.3) is 10.0 Å². The maximum absolute atomic E-state index is 12.8. The molecule has 0 saturated heterocycles. The number of carbonyl (C=O) groups is 2.